The molecule has 12 aromatic carbocycles. The molecule has 0 aliphatic heterocycles. The first kappa shape index (κ1) is 87.0. The summed E-state index contributed by atoms with van der Waals surface area (Å²) in [5, 5.41) is 0. The number of hydrogen-bond acceptors (Lipinski definition) is 20. The largest absolute Gasteiger partial charge is 2.00 e. The van der Waals surface area contributed by atoms with Crippen LogP contribution in [0.5, 0.6) is 69.0 Å². The van der Waals surface area contributed by atoms with Gasteiger partial charge in [0, 0.05) is 0 Å². The second-order valence-corrected chi connectivity index (χ2v) is 31.6. The Labute approximate surface area is 655 Å². The molecule has 1 radical (unpaired) electrons. The van der Waals surface area contributed by atoms with Crippen molar-refractivity contribution in [3.8, 4) is 69.0 Å². The molecule has 0 amide bonds. The molecule has 0 aliphatic rings. The van der Waals surface area contributed by atoms with Gasteiger partial charge in [0.1, 0.15) is 69.0 Å². The van der Waals surface area contributed by atoms with Crippen LogP contribution in [0.2, 0.25) is 0 Å². The van der Waals surface area contributed by atoms with E-state index in [9.17, 15) is 18.3 Å². The Morgan fingerprint density at radius 2 is 0.236 bits per heavy atom. The first-order chi connectivity index (χ1) is 51.7. The van der Waals surface area contributed by atoms with Crippen molar-refractivity contribution >= 4 is 31.3 Å². The van der Waals surface area contributed by atoms with Crippen molar-refractivity contribution < 1.29 is 118 Å². The Morgan fingerprint density at radius 3 is 0.291 bits per heavy atom. The minimum atomic E-state index is -4.69. The van der Waals surface area contributed by atoms with Gasteiger partial charge in [0.2, 0.25) is 0 Å². The number of phosphoric acid groups is 4. The van der Waals surface area contributed by atoms with E-state index in [0.29, 0.717) is 69.0 Å². The van der Waals surface area contributed by atoms with Crippen LogP contribution in [0.25, 0.3) is 0 Å². The molecule has 0 saturated carbocycles. The van der Waals surface area contributed by atoms with Crippen LogP contribution in [-0.2, 0) is 35.3 Å². The van der Waals surface area contributed by atoms with Crippen molar-refractivity contribution in [1.29, 1.82) is 0 Å². The van der Waals surface area contributed by atoms with Gasteiger partial charge in [-0.2, -0.15) is 32.2 Å². The van der Waals surface area contributed by atoms with Gasteiger partial charge in [-0.15, -0.1) is 0 Å². The van der Waals surface area contributed by atoms with Gasteiger partial charge in [-0.3, -0.25) is 0 Å². The van der Waals surface area contributed by atoms with Gasteiger partial charge in [-0.1, -0.05) is 212 Å². The van der Waals surface area contributed by atoms with E-state index in [1.165, 1.54) is 0 Å². The summed E-state index contributed by atoms with van der Waals surface area (Å²) in [7, 11) is -20.4. The molecule has 12 rings (SSSR count). The normalized spacial score (nSPS) is 11.0. The zero-order chi connectivity index (χ0) is 78.8. The summed E-state index contributed by atoms with van der Waals surface area (Å²) >= 11 is 0. The zero-order valence-electron chi connectivity index (χ0n) is 62.4. The maximum absolute atomic E-state index is 13.3. The first-order valence-electron chi connectivity index (χ1n) is 33.9. The number of phosphoric ester groups is 4. The van der Waals surface area contributed by atoms with E-state index in [4.69, 9.17) is 72.9 Å². The predicted octanol–water partition coefficient (Wildman–Crippen LogP) is 20.9. The molecule has 0 aromatic heterocycles. The summed E-state index contributed by atoms with van der Waals surface area (Å²) in [6, 6.07) is 86.6. The summed E-state index contributed by atoms with van der Waals surface area (Å²) in [5.41, 5.74) is 12.9. The Balaban J connectivity index is 0.000000199. The summed E-state index contributed by atoms with van der Waals surface area (Å²) in [6.07, 6.45) is 0. The van der Waals surface area contributed by atoms with E-state index in [0.717, 1.165) is 66.8 Å². The van der Waals surface area contributed by atoms with Gasteiger partial charge in [-0.25, -0.2) is 0 Å². The number of hydrogen-bond donors (Lipinski definition) is 1. The van der Waals surface area contributed by atoms with E-state index < -0.39 is 41.5 Å². The average Bonchev–Trinajstić information content (AvgIpc) is 0.841. The van der Waals surface area contributed by atoms with E-state index in [-0.39, 0.29) is 17.1 Å². The standard InChI is InChI=1S/4C21H21O4P.ClHO4.Cu/c4*1-16-4-10-19(11-5-16)23-26(22,24-20-12-6-17(2)7-13-20)25-21-14-8-18(3)9-15-21;2-1(3,4)5;/h4*4-15H,1-3H3;(H,2,3,4,5);/q;;;;;+2. The third-order valence-corrected chi connectivity index (χ3v) is 20.1. The topological polar surface area (TPSA) is 268 Å². The maximum atomic E-state index is 13.3. The van der Waals surface area contributed by atoms with Crippen molar-refractivity contribution in [1.82, 2.24) is 0 Å². The fourth-order valence-electron chi connectivity index (χ4n) is 8.96. The van der Waals surface area contributed by atoms with Gasteiger partial charge in [-0.05, 0) is 229 Å². The predicted molar refractivity (Wildman–Crippen MR) is 414 cm³/mol. The van der Waals surface area contributed by atoms with Crippen molar-refractivity contribution in [2.24, 2.45) is 0 Å². The first-order valence-corrected chi connectivity index (χ1v) is 41.0. The zero-order valence-corrected chi connectivity index (χ0v) is 67.7. The molecule has 0 saturated heterocycles. The monoisotopic (exact) mass is 1640 g/mol. The van der Waals surface area contributed by atoms with Gasteiger partial charge < -0.3 is 54.3 Å². The molecule has 1 N–H and O–H groups in total. The smallest absolute Gasteiger partial charge is 0.386 e. The molecule has 577 valence electrons. The number of aryl methyl sites for hydroxylation is 12. The van der Waals surface area contributed by atoms with Crippen LogP contribution in [-0.4, -0.2) is 4.66 Å². The molecule has 0 aliphatic carbocycles. The van der Waals surface area contributed by atoms with Crippen LogP contribution >= 0.6 is 31.3 Å². The minimum absolute atomic E-state index is 0. The molecule has 0 bridgehead atoms. The van der Waals surface area contributed by atoms with Crippen LogP contribution in [0.1, 0.15) is 66.8 Å². The number of rotatable bonds is 24. The second-order valence-electron chi connectivity index (χ2n) is 25.0. The van der Waals surface area contributed by atoms with Crippen molar-refractivity contribution in [2.75, 3.05) is 0 Å². The van der Waals surface area contributed by atoms with Crippen molar-refractivity contribution in [2.45, 2.75) is 83.1 Å². The van der Waals surface area contributed by atoms with Crippen LogP contribution in [0, 0.1) is 93.3 Å². The van der Waals surface area contributed by atoms with Crippen molar-refractivity contribution in [3.05, 3.63) is 358 Å². The van der Waals surface area contributed by atoms with Crippen LogP contribution in [0.3, 0.4) is 0 Å². The fraction of sp³-hybridized carbons (Fsp3) is 0.143. The molecule has 0 heterocycles. The van der Waals surface area contributed by atoms with E-state index in [1.54, 1.807) is 146 Å². The van der Waals surface area contributed by atoms with Crippen molar-refractivity contribution in [3.63, 3.8) is 0 Å². The minimum Gasteiger partial charge on any atom is -0.386 e. The second kappa shape index (κ2) is 41.0. The summed E-state index contributed by atoms with van der Waals surface area (Å²) in [6.45, 7) is 23.6. The molecule has 0 fully saturated rings. The summed E-state index contributed by atoms with van der Waals surface area (Å²) in [4.78, 5) is 0. The van der Waals surface area contributed by atoms with Crippen LogP contribution in [0.4, 0.5) is 0 Å². The molecule has 12 aromatic rings. The number of halogens is 1. The molecular weight excluding hydrogens is 1550 g/mol. The molecule has 20 nitrogen and oxygen atoms in total. The molecular formula is C84H85ClCuO20P4+2. The summed E-state index contributed by atoms with van der Waals surface area (Å²) in [5.74, 6) is 4.98. The number of benzene rings is 12. The molecule has 110 heavy (non-hydrogen) atoms. The Hall–Kier alpha value is -10.2. The average molecular weight is 1640 g/mol. The van der Waals surface area contributed by atoms with Gasteiger partial charge >= 0.3 is 48.4 Å². The van der Waals surface area contributed by atoms with E-state index >= 15 is 0 Å². The van der Waals surface area contributed by atoms with Gasteiger partial charge in [0.05, 0.1) is 14.9 Å². The molecule has 26 heteroatoms. The van der Waals surface area contributed by atoms with E-state index in [2.05, 4.69) is 0 Å². The van der Waals surface area contributed by atoms with Gasteiger partial charge in [0.15, 0.2) is 0 Å². The Bertz CT molecular complexity index is 3870. The van der Waals surface area contributed by atoms with Crippen LogP contribution < -0.4 is 68.3 Å². The van der Waals surface area contributed by atoms with Gasteiger partial charge in [0.25, 0.3) is 0 Å². The Kier molecular flexibility index (Phi) is 32.5. The third-order valence-electron chi connectivity index (χ3n) is 14.9. The Morgan fingerprint density at radius 1 is 0.182 bits per heavy atom. The quantitative estimate of drug-likeness (QED) is 0.0435. The third kappa shape index (κ3) is 31.8. The molecule has 0 spiro atoms. The maximum Gasteiger partial charge on any atom is 2.00 e. The summed E-state index contributed by atoms with van der Waals surface area (Å²) < 4.78 is 154. The SMILES string of the molecule is Cc1ccc(OP(=O)(Oc2ccc(C)cc2)Oc2ccc(C)cc2)cc1.Cc1ccc(OP(=O)(Oc2ccc(C)cc2)Oc2ccc(C)cc2)cc1.Cc1ccc(OP(=O)(Oc2ccc(C)cc2)Oc2ccc(C)cc2)cc1.Cc1ccc(OP(=O)(Oc2ccc(C)cc2)Oc2ccc(C)cc2)cc1.[Cu+2].[O-][Cl+3]([O-])([O-])O. The molecule has 0 unspecified atom stereocenters. The molecule has 0 atom stereocenters. The van der Waals surface area contributed by atoms with E-state index in [1.807, 2.05) is 229 Å². The fourth-order valence-corrected chi connectivity index (χ4v) is 14.0. The van der Waals surface area contributed by atoms with Crippen LogP contribution in [0.15, 0.2) is 291 Å².